The Balaban J connectivity index is 1.69. The molecule has 0 saturated heterocycles. The lowest BCUT2D eigenvalue weighted by molar-refractivity contribution is -0.124. The molecule has 6 nitrogen and oxygen atoms in total. The van der Waals surface area contributed by atoms with E-state index in [1.54, 1.807) is 60.5 Å². The molecule has 0 spiro atoms. The lowest BCUT2D eigenvalue weighted by Crippen LogP contribution is -2.31. The molecule has 0 fully saturated rings. The van der Waals surface area contributed by atoms with Gasteiger partial charge in [-0.05, 0) is 31.2 Å². The molecule has 25 heavy (non-hydrogen) atoms. The average Bonchev–Trinajstić information content (AvgIpc) is 3.16. The number of hydrogen-bond acceptors (Lipinski definition) is 4. The summed E-state index contributed by atoms with van der Waals surface area (Å²) in [7, 11) is 0. The molecule has 1 atom stereocenters. The second-order valence-corrected chi connectivity index (χ2v) is 5.38. The molecule has 0 aliphatic rings. The Morgan fingerprint density at radius 3 is 2.84 bits per heavy atom. The van der Waals surface area contributed by atoms with Gasteiger partial charge in [0.2, 0.25) is 11.8 Å². The number of aromatic nitrogens is 3. The maximum atomic E-state index is 13.8. The maximum Gasteiger partial charge on any atom is 0.244 e. The molecule has 0 radical (unpaired) electrons. The SMILES string of the molecule is CC(C(=O)NCc1cccnc1Oc1ccccc1F)n1cccn1. The number of pyridine rings is 1. The van der Waals surface area contributed by atoms with Crippen molar-refractivity contribution in [3.8, 4) is 11.6 Å². The van der Waals surface area contributed by atoms with E-state index < -0.39 is 11.9 Å². The Bertz CT molecular complexity index is 852. The van der Waals surface area contributed by atoms with E-state index in [1.165, 1.54) is 12.1 Å². The van der Waals surface area contributed by atoms with Crippen LogP contribution in [0.4, 0.5) is 4.39 Å². The lowest BCUT2D eigenvalue weighted by atomic mass is 10.2. The van der Waals surface area contributed by atoms with Crippen LogP contribution in [0.3, 0.4) is 0 Å². The number of carbonyl (C=O) groups excluding carboxylic acids is 1. The molecule has 2 heterocycles. The number of para-hydroxylation sites is 1. The predicted octanol–water partition coefficient (Wildman–Crippen LogP) is 3.09. The number of benzene rings is 1. The van der Waals surface area contributed by atoms with Gasteiger partial charge < -0.3 is 10.1 Å². The molecule has 3 aromatic rings. The summed E-state index contributed by atoms with van der Waals surface area (Å²) in [4.78, 5) is 16.4. The van der Waals surface area contributed by atoms with Gasteiger partial charge in [0.05, 0.1) is 0 Å². The third-order valence-corrected chi connectivity index (χ3v) is 3.65. The highest BCUT2D eigenvalue weighted by Crippen LogP contribution is 2.25. The minimum absolute atomic E-state index is 0.0821. The summed E-state index contributed by atoms with van der Waals surface area (Å²) in [5.41, 5.74) is 0.645. The monoisotopic (exact) mass is 340 g/mol. The van der Waals surface area contributed by atoms with Crippen molar-refractivity contribution in [2.75, 3.05) is 0 Å². The first kappa shape index (κ1) is 16.6. The van der Waals surface area contributed by atoms with Crippen LogP contribution in [0.2, 0.25) is 0 Å². The Labute approximate surface area is 144 Å². The fourth-order valence-electron chi connectivity index (χ4n) is 2.24. The number of nitrogens with zero attached hydrogens (tertiary/aromatic N) is 3. The number of ether oxygens (including phenoxy) is 1. The van der Waals surface area contributed by atoms with Crippen molar-refractivity contribution in [3.05, 3.63) is 72.4 Å². The van der Waals surface area contributed by atoms with E-state index in [4.69, 9.17) is 4.74 Å². The predicted molar refractivity (Wildman–Crippen MR) is 89.5 cm³/mol. The Kier molecular flexibility index (Phi) is 5.03. The number of rotatable bonds is 6. The highest BCUT2D eigenvalue weighted by molar-refractivity contribution is 5.79. The van der Waals surface area contributed by atoms with E-state index in [1.807, 2.05) is 0 Å². The van der Waals surface area contributed by atoms with Gasteiger partial charge >= 0.3 is 0 Å². The molecule has 1 aromatic carbocycles. The third kappa shape index (κ3) is 4.00. The maximum absolute atomic E-state index is 13.8. The van der Waals surface area contributed by atoms with Crippen LogP contribution in [0, 0.1) is 5.82 Å². The first-order valence-corrected chi connectivity index (χ1v) is 7.78. The third-order valence-electron chi connectivity index (χ3n) is 3.65. The van der Waals surface area contributed by atoms with Crippen molar-refractivity contribution in [3.63, 3.8) is 0 Å². The lowest BCUT2D eigenvalue weighted by Gasteiger charge is -2.14. The molecule has 128 valence electrons. The van der Waals surface area contributed by atoms with Crippen LogP contribution < -0.4 is 10.1 Å². The second kappa shape index (κ2) is 7.57. The van der Waals surface area contributed by atoms with E-state index in [0.29, 0.717) is 5.56 Å². The van der Waals surface area contributed by atoms with Crippen molar-refractivity contribution >= 4 is 5.91 Å². The van der Waals surface area contributed by atoms with E-state index in [2.05, 4.69) is 15.4 Å². The summed E-state index contributed by atoms with van der Waals surface area (Å²) in [5.74, 6) is -0.335. The van der Waals surface area contributed by atoms with Crippen LogP contribution in [0.15, 0.2) is 61.1 Å². The van der Waals surface area contributed by atoms with Gasteiger partial charge in [0.25, 0.3) is 0 Å². The first-order chi connectivity index (χ1) is 12.1. The largest absolute Gasteiger partial charge is 0.436 e. The number of nitrogens with one attached hydrogen (secondary N) is 1. The number of hydrogen-bond donors (Lipinski definition) is 1. The van der Waals surface area contributed by atoms with E-state index in [0.717, 1.165) is 0 Å². The topological polar surface area (TPSA) is 69.0 Å². The van der Waals surface area contributed by atoms with Crippen LogP contribution in [0.1, 0.15) is 18.5 Å². The molecule has 1 unspecified atom stereocenters. The van der Waals surface area contributed by atoms with Gasteiger partial charge in [-0.2, -0.15) is 5.10 Å². The summed E-state index contributed by atoms with van der Waals surface area (Å²) in [5, 5.41) is 6.87. The Morgan fingerprint density at radius 2 is 2.08 bits per heavy atom. The summed E-state index contributed by atoms with van der Waals surface area (Å²) < 4.78 is 20.9. The normalized spacial score (nSPS) is 11.8. The number of amides is 1. The molecule has 2 aromatic heterocycles. The Morgan fingerprint density at radius 1 is 1.24 bits per heavy atom. The molecular weight excluding hydrogens is 323 g/mol. The summed E-state index contributed by atoms with van der Waals surface area (Å²) in [6.45, 7) is 1.96. The molecule has 7 heteroatoms. The zero-order valence-corrected chi connectivity index (χ0v) is 13.6. The van der Waals surface area contributed by atoms with Crippen molar-refractivity contribution in [1.29, 1.82) is 0 Å². The second-order valence-electron chi connectivity index (χ2n) is 5.38. The smallest absolute Gasteiger partial charge is 0.244 e. The molecule has 0 aliphatic carbocycles. The quantitative estimate of drug-likeness (QED) is 0.749. The molecule has 0 saturated carbocycles. The Hall–Kier alpha value is -3.22. The molecule has 3 rings (SSSR count). The fourth-order valence-corrected chi connectivity index (χ4v) is 2.24. The summed E-state index contributed by atoms with van der Waals surface area (Å²) >= 11 is 0. The van der Waals surface area contributed by atoms with E-state index in [-0.39, 0.29) is 24.1 Å². The summed E-state index contributed by atoms with van der Waals surface area (Å²) in [6.07, 6.45) is 4.89. The van der Waals surface area contributed by atoms with E-state index in [9.17, 15) is 9.18 Å². The van der Waals surface area contributed by atoms with Gasteiger partial charge in [-0.15, -0.1) is 0 Å². The van der Waals surface area contributed by atoms with Crippen molar-refractivity contribution in [2.45, 2.75) is 19.5 Å². The van der Waals surface area contributed by atoms with Crippen molar-refractivity contribution < 1.29 is 13.9 Å². The van der Waals surface area contributed by atoms with Gasteiger partial charge in [-0.25, -0.2) is 9.37 Å². The molecular formula is C18H17FN4O2. The van der Waals surface area contributed by atoms with E-state index >= 15 is 0 Å². The van der Waals surface area contributed by atoms with Crippen molar-refractivity contribution in [2.24, 2.45) is 0 Å². The zero-order chi connectivity index (χ0) is 17.6. The highest BCUT2D eigenvalue weighted by Gasteiger charge is 2.16. The average molecular weight is 340 g/mol. The fraction of sp³-hybridized carbons (Fsp3) is 0.167. The molecule has 0 aliphatic heterocycles. The van der Waals surface area contributed by atoms with Crippen LogP contribution in [0.25, 0.3) is 0 Å². The minimum atomic E-state index is -0.476. The molecule has 0 bridgehead atoms. The first-order valence-electron chi connectivity index (χ1n) is 7.78. The van der Waals surface area contributed by atoms with Gasteiger partial charge in [0.1, 0.15) is 6.04 Å². The van der Waals surface area contributed by atoms with Gasteiger partial charge in [0.15, 0.2) is 11.6 Å². The van der Waals surface area contributed by atoms with Gasteiger partial charge in [0, 0.05) is 30.7 Å². The van der Waals surface area contributed by atoms with Crippen LogP contribution in [-0.2, 0) is 11.3 Å². The van der Waals surface area contributed by atoms with Crippen LogP contribution in [0.5, 0.6) is 11.6 Å². The zero-order valence-electron chi connectivity index (χ0n) is 13.6. The molecule has 1 amide bonds. The standard InChI is InChI=1S/C18H17FN4O2/c1-13(23-11-5-10-22-23)17(24)21-12-14-6-4-9-20-18(14)25-16-8-3-2-7-15(16)19/h2-11,13H,12H2,1H3,(H,21,24). The van der Waals surface area contributed by atoms with Crippen LogP contribution >= 0.6 is 0 Å². The summed E-state index contributed by atoms with van der Waals surface area (Å²) in [6, 6.07) is 10.9. The van der Waals surface area contributed by atoms with Crippen molar-refractivity contribution in [1.82, 2.24) is 20.1 Å². The number of halogens is 1. The van der Waals surface area contributed by atoms with Crippen LogP contribution in [-0.4, -0.2) is 20.7 Å². The highest BCUT2D eigenvalue weighted by atomic mass is 19.1. The van der Waals surface area contributed by atoms with Gasteiger partial charge in [-0.1, -0.05) is 18.2 Å². The minimum Gasteiger partial charge on any atom is -0.436 e. The molecule has 1 N–H and O–H groups in total. The number of carbonyl (C=O) groups is 1. The van der Waals surface area contributed by atoms with Gasteiger partial charge in [-0.3, -0.25) is 9.48 Å².